The molecule has 0 aliphatic carbocycles. The molecule has 1 aromatic carbocycles. The quantitative estimate of drug-likeness (QED) is 0.765. The molecular formula is C11H10BrFN2. The lowest BCUT2D eigenvalue weighted by atomic mass is 10.3. The molecule has 0 bridgehead atoms. The molecule has 2 nitrogen and oxygen atoms in total. The smallest absolute Gasteiger partial charge is 0.148 e. The highest BCUT2D eigenvalue weighted by Crippen LogP contribution is 2.16. The summed E-state index contributed by atoms with van der Waals surface area (Å²) in [5.41, 5.74) is 2.46. The molecule has 0 spiro atoms. The van der Waals surface area contributed by atoms with Crippen molar-refractivity contribution < 1.29 is 4.39 Å². The minimum Gasteiger partial charge on any atom is -0.237 e. The van der Waals surface area contributed by atoms with Crippen LogP contribution in [0.4, 0.5) is 4.39 Å². The van der Waals surface area contributed by atoms with Gasteiger partial charge in [-0.25, -0.2) is 9.07 Å². The maximum atomic E-state index is 13.4. The molecule has 0 aliphatic rings. The maximum absolute atomic E-state index is 13.4. The van der Waals surface area contributed by atoms with Crippen LogP contribution >= 0.6 is 15.9 Å². The third-order valence-corrected chi connectivity index (χ3v) is 2.85. The Morgan fingerprint density at radius 1 is 1.40 bits per heavy atom. The molecule has 0 N–H and O–H groups in total. The highest BCUT2D eigenvalue weighted by molar-refractivity contribution is 9.08. The number of rotatable bonds is 2. The molecule has 0 unspecified atom stereocenters. The van der Waals surface area contributed by atoms with Crippen LogP contribution in [0.1, 0.15) is 11.3 Å². The van der Waals surface area contributed by atoms with E-state index in [-0.39, 0.29) is 5.82 Å². The molecule has 2 rings (SSSR count). The largest absolute Gasteiger partial charge is 0.237 e. The van der Waals surface area contributed by atoms with Gasteiger partial charge in [0.2, 0.25) is 0 Å². The summed E-state index contributed by atoms with van der Waals surface area (Å²) in [7, 11) is 0. The molecule has 0 amide bonds. The van der Waals surface area contributed by atoms with Crippen LogP contribution in [0.5, 0.6) is 0 Å². The Morgan fingerprint density at radius 2 is 2.13 bits per heavy atom. The molecule has 78 valence electrons. The molecule has 0 saturated carbocycles. The lowest BCUT2D eigenvalue weighted by Crippen LogP contribution is -1.97. The third-order valence-electron chi connectivity index (χ3n) is 2.24. The van der Waals surface area contributed by atoms with E-state index in [1.807, 2.05) is 13.1 Å². The molecule has 15 heavy (non-hydrogen) atoms. The number of halogens is 2. The average molecular weight is 269 g/mol. The molecule has 0 saturated heterocycles. The van der Waals surface area contributed by atoms with Gasteiger partial charge in [-0.2, -0.15) is 5.10 Å². The number of hydrogen-bond donors (Lipinski definition) is 0. The molecule has 1 aromatic heterocycles. The van der Waals surface area contributed by atoms with Gasteiger partial charge in [-0.05, 0) is 19.1 Å². The minimum absolute atomic E-state index is 0.263. The Balaban J connectivity index is 2.50. The number of aryl methyl sites for hydroxylation is 1. The van der Waals surface area contributed by atoms with Crippen molar-refractivity contribution in [3.63, 3.8) is 0 Å². The fourth-order valence-corrected chi connectivity index (χ4v) is 1.94. The molecule has 0 radical (unpaired) electrons. The zero-order valence-electron chi connectivity index (χ0n) is 8.24. The van der Waals surface area contributed by atoms with Gasteiger partial charge in [0, 0.05) is 17.1 Å². The van der Waals surface area contributed by atoms with Gasteiger partial charge in [-0.15, -0.1) is 0 Å². The molecule has 0 atom stereocenters. The monoisotopic (exact) mass is 268 g/mol. The highest BCUT2D eigenvalue weighted by Gasteiger charge is 2.07. The summed E-state index contributed by atoms with van der Waals surface area (Å²) in [6, 6.07) is 6.60. The second-order valence-electron chi connectivity index (χ2n) is 3.27. The number of hydrogen-bond acceptors (Lipinski definition) is 1. The van der Waals surface area contributed by atoms with Gasteiger partial charge in [-0.3, -0.25) is 0 Å². The van der Waals surface area contributed by atoms with Crippen molar-refractivity contribution in [2.45, 2.75) is 12.3 Å². The lowest BCUT2D eigenvalue weighted by Gasteiger charge is -2.01. The van der Waals surface area contributed by atoms with Crippen molar-refractivity contribution in [1.29, 1.82) is 0 Å². The summed E-state index contributed by atoms with van der Waals surface area (Å²) in [5.74, 6) is -0.263. The first-order chi connectivity index (χ1) is 7.22. The Bertz CT molecular complexity index is 479. The van der Waals surface area contributed by atoms with Crippen LogP contribution in [0.2, 0.25) is 0 Å². The number of benzene rings is 1. The zero-order chi connectivity index (χ0) is 10.8. The SMILES string of the molecule is Cc1nn(-c2ccccc2F)cc1CBr. The molecule has 0 aliphatic heterocycles. The highest BCUT2D eigenvalue weighted by atomic mass is 79.9. The fourth-order valence-electron chi connectivity index (χ4n) is 1.39. The van der Waals surface area contributed by atoms with E-state index in [9.17, 15) is 4.39 Å². The predicted octanol–water partition coefficient (Wildman–Crippen LogP) is 3.21. The van der Waals surface area contributed by atoms with Crippen LogP contribution in [0.25, 0.3) is 5.69 Å². The Labute approximate surface area is 95.9 Å². The van der Waals surface area contributed by atoms with Gasteiger partial charge in [0.15, 0.2) is 0 Å². The summed E-state index contributed by atoms with van der Waals surface area (Å²) in [4.78, 5) is 0. The van der Waals surface area contributed by atoms with Crippen LogP contribution in [0.15, 0.2) is 30.5 Å². The van der Waals surface area contributed by atoms with Crippen molar-refractivity contribution in [3.05, 3.63) is 47.5 Å². The number of nitrogens with zero attached hydrogens (tertiary/aromatic N) is 2. The van der Waals surface area contributed by atoms with E-state index < -0.39 is 0 Å². The van der Waals surface area contributed by atoms with Crippen molar-refractivity contribution in [3.8, 4) is 5.69 Å². The summed E-state index contributed by atoms with van der Waals surface area (Å²) < 4.78 is 15.0. The number of para-hydroxylation sites is 1. The molecule has 1 heterocycles. The zero-order valence-corrected chi connectivity index (χ0v) is 9.83. The second kappa shape index (κ2) is 4.14. The van der Waals surface area contributed by atoms with E-state index in [0.29, 0.717) is 5.69 Å². The Morgan fingerprint density at radius 3 is 2.73 bits per heavy atom. The first-order valence-corrected chi connectivity index (χ1v) is 5.70. The summed E-state index contributed by atoms with van der Waals surface area (Å²) in [6.45, 7) is 1.91. The van der Waals surface area contributed by atoms with Crippen molar-refractivity contribution >= 4 is 15.9 Å². The number of aromatic nitrogens is 2. The molecular weight excluding hydrogens is 259 g/mol. The summed E-state index contributed by atoms with van der Waals surface area (Å²) in [6.07, 6.45) is 1.84. The minimum atomic E-state index is -0.263. The van der Waals surface area contributed by atoms with Gasteiger partial charge in [0.1, 0.15) is 11.5 Å². The molecule has 2 aromatic rings. The van der Waals surface area contributed by atoms with Gasteiger partial charge in [0.05, 0.1) is 5.69 Å². The van der Waals surface area contributed by atoms with Crippen molar-refractivity contribution in [2.75, 3.05) is 0 Å². The third kappa shape index (κ3) is 1.95. The summed E-state index contributed by atoms with van der Waals surface area (Å²) in [5, 5.41) is 4.99. The van der Waals surface area contributed by atoms with Gasteiger partial charge in [-0.1, -0.05) is 28.1 Å². The van der Waals surface area contributed by atoms with Crippen molar-refractivity contribution in [2.24, 2.45) is 0 Å². The lowest BCUT2D eigenvalue weighted by molar-refractivity contribution is 0.610. The van der Waals surface area contributed by atoms with E-state index in [0.717, 1.165) is 16.6 Å². The fraction of sp³-hybridized carbons (Fsp3) is 0.182. The van der Waals surface area contributed by atoms with Gasteiger partial charge >= 0.3 is 0 Å². The van der Waals surface area contributed by atoms with Crippen LogP contribution in [0, 0.1) is 12.7 Å². The predicted molar refractivity (Wildman–Crippen MR) is 60.9 cm³/mol. The Hall–Kier alpha value is -1.16. The van der Waals surface area contributed by atoms with Gasteiger partial charge in [0.25, 0.3) is 0 Å². The van der Waals surface area contributed by atoms with E-state index in [1.165, 1.54) is 6.07 Å². The molecule has 0 fully saturated rings. The van der Waals surface area contributed by atoms with Crippen LogP contribution in [0.3, 0.4) is 0 Å². The average Bonchev–Trinajstić information content (AvgIpc) is 2.60. The van der Waals surface area contributed by atoms with E-state index >= 15 is 0 Å². The van der Waals surface area contributed by atoms with Crippen LogP contribution in [-0.2, 0) is 5.33 Å². The van der Waals surface area contributed by atoms with E-state index in [4.69, 9.17) is 0 Å². The van der Waals surface area contributed by atoms with Crippen molar-refractivity contribution in [1.82, 2.24) is 9.78 Å². The van der Waals surface area contributed by atoms with Crippen LogP contribution in [-0.4, -0.2) is 9.78 Å². The van der Waals surface area contributed by atoms with E-state index in [2.05, 4.69) is 21.0 Å². The topological polar surface area (TPSA) is 17.8 Å². The second-order valence-corrected chi connectivity index (χ2v) is 3.83. The normalized spacial score (nSPS) is 10.6. The van der Waals surface area contributed by atoms with Gasteiger partial charge < -0.3 is 0 Å². The number of alkyl halides is 1. The maximum Gasteiger partial charge on any atom is 0.148 e. The summed E-state index contributed by atoms with van der Waals surface area (Å²) >= 11 is 3.37. The van der Waals surface area contributed by atoms with Crippen LogP contribution < -0.4 is 0 Å². The first-order valence-electron chi connectivity index (χ1n) is 4.58. The first kappa shape index (κ1) is 10.4. The molecule has 4 heteroatoms. The Kier molecular flexibility index (Phi) is 2.86. The van der Waals surface area contributed by atoms with E-state index in [1.54, 1.807) is 22.9 Å². The standard InChI is InChI=1S/C11H10BrFN2/c1-8-9(6-12)7-15(14-8)11-5-3-2-4-10(11)13/h2-5,7H,6H2,1H3.